The highest BCUT2D eigenvalue weighted by molar-refractivity contribution is 7.89. The standard InChI is InChI=1S/C17H27N3O3S/c1-4-13(2)18-14(3)17(21)19-15-7-9-16(10-8-15)24(22,23)20-11-5-6-12-20/h7-10,13-14,18H,4-6,11-12H2,1-3H3,(H,19,21)/p+1/t13-,14+/m0/s1. The molecule has 0 radical (unpaired) electrons. The van der Waals surface area contributed by atoms with Gasteiger partial charge >= 0.3 is 0 Å². The van der Waals surface area contributed by atoms with E-state index in [2.05, 4.69) is 19.2 Å². The van der Waals surface area contributed by atoms with Crippen molar-refractivity contribution in [3.8, 4) is 0 Å². The Morgan fingerprint density at radius 3 is 2.33 bits per heavy atom. The molecule has 0 saturated carbocycles. The third-order valence-corrected chi connectivity index (χ3v) is 6.41. The number of amides is 1. The normalized spacial score (nSPS) is 18.3. The molecule has 0 unspecified atom stereocenters. The van der Waals surface area contributed by atoms with E-state index in [1.165, 1.54) is 4.31 Å². The number of nitrogens with zero attached hydrogens (tertiary/aromatic N) is 1. The minimum atomic E-state index is -3.41. The van der Waals surface area contributed by atoms with Gasteiger partial charge in [-0.3, -0.25) is 4.79 Å². The summed E-state index contributed by atoms with van der Waals surface area (Å²) in [6.07, 6.45) is 2.83. The van der Waals surface area contributed by atoms with Gasteiger partial charge in [0.1, 0.15) is 0 Å². The Kier molecular flexibility index (Phi) is 6.37. The van der Waals surface area contributed by atoms with Gasteiger partial charge in [-0.05, 0) is 57.4 Å². The van der Waals surface area contributed by atoms with Crippen LogP contribution in [0.4, 0.5) is 5.69 Å². The maximum Gasteiger partial charge on any atom is 0.282 e. The Hall–Kier alpha value is -1.44. The van der Waals surface area contributed by atoms with Gasteiger partial charge in [0.2, 0.25) is 10.0 Å². The van der Waals surface area contributed by atoms with E-state index in [0.717, 1.165) is 19.3 Å². The van der Waals surface area contributed by atoms with Crippen LogP contribution in [-0.2, 0) is 14.8 Å². The van der Waals surface area contributed by atoms with Gasteiger partial charge in [-0.15, -0.1) is 0 Å². The van der Waals surface area contributed by atoms with Crippen LogP contribution in [0.15, 0.2) is 29.2 Å². The second-order valence-electron chi connectivity index (χ2n) is 6.49. The van der Waals surface area contributed by atoms with Gasteiger partial charge in [0, 0.05) is 18.8 Å². The van der Waals surface area contributed by atoms with Gasteiger partial charge in [-0.1, -0.05) is 6.92 Å². The Morgan fingerprint density at radius 1 is 1.21 bits per heavy atom. The minimum Gasteiger partial charge on any atom is -0.334 e. The highest BCUT2D eigenvalue weighted by Gasteiger charge is 2.27. The van der Waals surface area contributed by atoms with Crippen molar-refractivity contribution < 1.29 is 18.5 Å². The summed E-state index contributed by atoms with van der Waals surface area (Å²) >= 11 is 0. The van der Waals surface area contributed by atoms with Crippen LogP contribution in [0.2, 0.25) is 0 Å². The predicted octanol–water partition coefficient (Wildman–Crippen LogP) is 1.16. The molecule has 1 saturated heterocycles. The zero-order chi connectivity index (χ0) is 17.7. The monoisotopic (exact) mass is 354 g/mol. The maximum absolute atomic E-state index is 12.5. The number of carbonyl (C=O) groups excluding carboxylic acids is 1. The summed E-state index contributed by atoms with van der Waals surface area (Å²) in [5, 5.41) is 4.87. The first kappa shape index (κ1) is 18.9. The molecule has 0 aliphatic carbocycles. The van der Waals surface area contributed by atoms with E-state index in [0.29, 0.717) is 24.8 Å². The fourth-order valence-corrected chi connectivity index (χ4v) is 4.28. The van der Waals surface area contributed by atoms with Crippen LogP contribution in [0.3, 0.4) is 0 Å². The summed E-state index contributed by atoms with van der Waals surface area (Å²) in [7, 11) is -3.41. The summed E-state index contributed by atoms with van der Waals surface area (Å²) in [6, 6.07) is 6.62. The van der Waals surface area contributed by atoms with E-state index in [4.69, 9.17) is 0 Å². The van der Waals surface area contributed by atoms with Gasteiger partial charge in [0.15, 0.2) is 6.04 Å². The lowest BCUT2D eigenvalue weighted by Gasteiger charge is -2.17. The molecule has 3 N–H and O–H groups in total. The average molecular weight is 354 g/mol. The lowest BCUT2D eigenvalue weighted by molar-refractivity contribution is -0.703. The number of nitrogens with one attached hydrogen (secondary N) is 1. The van der Waals surface area contributed by atoms with Crippen molar-refractivity contribution in [3.63, 3.8) is 0 Å². The van der Waals surface area contributed by atoms with Crippen LogP contribution >= 0.6 is 0 Å². The number of rotatable bonds is 7. The molecule has 2 atom stereocenters. The summed E-state index contributed by atoms with van der Waals surface area (Å²) in [5.41, 5.74) is 0.616. The van der Waals surface area contributed by atoms with Gasteiger partial charge in [0.05, 0.1) is 10.9 Å². The van der Waals surface area contributed by atoms with Crippen molar-refractivity contribution in [2.24, 2.45) is 0 Å². The molecule has 2 rings (SSSR count). The van der Waals surface area contributed by atoms with E-state index >= 15 is 0 Å². The number of anilines is 1. The van der Waals surface area contributed by atoms with Crippen molar-refractivity contribution >= 4 is 21.6 Å². The fraction of sp³-hybridized carbons (Fsp3) is 0.588. The number of nitrogens with two attached hydrogens (primary N) is 1. The lowest BCUT2D eigenvalue weighted by atomic mass is 10.2. The maximum atomic E-state index is 12.5. The molecule has 0 aromatic heterocycles. The zero-order valence-electron chi connectivity index (χ0n) is 14.7. The van der Waals surface area contributed by atoms with Gasteiger partial charge in [0.25, 0.3) is 5.91 Å². The molecule has 1 aromatic rings. The van der Waals surface area contributed by atoms with Crippen molar-refractivity contribution in [1.82, 2.24) is 4.31 Å². The molecular weight excluding hydrogens is 326 g/mol. The molecule has 1 fully saturated rings. The first-order valence-electron chi connectivity index (χ1n) is 8.60. The molecular formula is C17H28N3O3S+. The van der Waals surface area contributed by atoms with Crippen LogP contribution in [0, 0.1) is 0 Å². The number of carbonyl (C=O) groups is 1. The molecule has 24 heavy (non-hydrogen) atoms. The summed E-state index contributed by atoms with van der Waals surface area (Å²) in [4.78, 5) is 12.5. The fourth-order valence-electron chi connectivity index (χ4n) is 2.76. The van der Waals surface area contributed by atoms with E-state index in [1.807, 2.05) is 12.2 Å². The van der Waals surface area contributed by atoms with Crippen molar-refractivity contribution in [1.29, 1.82) is 0 Å². The third kappa shape index (κ3) is 4.55. The van der Waals surface area contributed by atoms with Crippen LogP contribution in [0.25, 0.3) is 0 Å². The molecule has 0 spiro atoms. The van der Waals surface area contributed by atoms with E-state index in [9.17, 15) is 13.2 Å². The van der Waals surface area contributed by atoms with Crippen LogP contribution in [0.1, 0.15) is 40.0 Å². The molecule has 1 aliphatic heterocycles. The van der Waals surface area contributed by atoms with E-state index in [1.54, 1.807) is 24.3 Å². The number of hydrogen-bond acceptors (Lipinski definition) is 3. The first-order valence-corrected chi connectivity index (χ1v) is 10.0. The third-order valence-electron chi connectivity index (χ3n) is 4.50. The highest BCUT2D eigenvalue weighted by atomic mass is 32.2. The van der Waals surface area contributed by atoms with E-state index in [-0.39, 0.29) is 16.8 Å². The van der Waals surface area contributed by atoms with Gasteiger partial charge in [-0.2, -0.15) is 4.31 Å². The molecule has 1 amide bonds. The van der Waals surface area contributed by atoms with Crippen molar-refractivity contribution in [2.75, 3.05) is 18.4 Å². The molecule has 0 bridgehead atoms. The summed E-state index contributed by atoms with van der Waals surface area (Å²) in [5.74, 6) is -0.0783. The SMILES string of the molecule is CC[C@H](C)[NH2+][C@H](C)C(=O)Nc1ccc(S(=O)(=O)N2CCCC2)cc1. The van der Waals surface area contributed by atoms with E-state index < -0.39 is 10.0 Å². The van der Waals surface area contributed by atoms with Gasteiger partial charge < -0.3 is 10.6 Å². The molecule has 1 aliphatic rings. The largest absolute Gasteiger partial charge is 0.334 e. The number of hydrogen-bond donors (Lipinski definition) is 2. The van der Waals surface area contributed by atoms with Crippen molar-refractivity contribution in [3.05, 3.63) is 24.3 Å². The molecule has 6 nitrogen and oxygen atoms in total. The van der Waals surface area contributed by atoms with Crippen LogP contribution in [-0.4, -0.2) is 43.8 Å². The number of quaternary nitrogens is 1. The summed E-state index contributed by atoms with van der Waals surface area (Å²) in [6.45, 7) is 7.22. The van der Waals surface area contributed by atoms with Crippen LogP contribution in [0.5, 0.6) is 0 Å². The minimum absolute atomic E-state index is 0.0783. The quantitative estimate of drug-likeness (QED) is 0.771. The Labute approximate surface area is 144 Å². The smallest absolute Gasteiger partial charge is 0.282 e. The van der Waals surface area contributed by atoms with Crippen LogP contribution < -0.4 is 10.6 Å². The molecule has 1 aromatic carbocycles. The molecule has 134 valence electrons. The first-order chi connectivity index (χ1) is 11.3. The zero-order valence-corrected chi connectivity index (χ0v) is 15.5. The number of benzene rings is 1. The summed E-state index contributed by atoms with van der Waals surface area (Å²) < 4.78 is 26.4. The molecule has 1 heterocycles. The second-order valence-corrected chi connectivity index (χ2v) is 8.43. The topological polar surface area (TPSA) is 83.1 Å². The van der Waals surface area contributed by atoms with Gasteiger partial charge in [-0.25, -0.2) is 8.42 Å². The van der Waals surface area contributed by atoms with Crippen molar-refractivity contribution in [2.45, 2.75) is 57.0 Å². The Bertz CT molecular complexity index is 652. The Morgan fingerprint density at radius 2 is 1.79 bits per heavy atom. The second kappa shape index (κ2) is 8.09. The Balaban J connectivity index is 2.00. The average Bonchev–Trinajstić information content (AvgIpc) is 3.10. The lowest BCUT2D eigenvalue weighted by Crippen LogP contribution is -2.95. The number of sulfonamides is 1. The highest BCUT2D eigenvalue weighted by Crippen LogP contribution is 2.22. The molecule has 7 heteroatoms. The predicted molar refractivity (Wildman–Crippen MR) is 94.2 cm³/mol.